The lowest BCUT2D eigenvalue weighted by atomic mass is 10.0. The molecule has 1 heterocycles. The minimum Gasteiger partial charge on any atom is -0.461 e. The van der Waals surface area contributed by atoms with E-state index in [1.54, 1.807) is 0 Å². The van der Waals surface area contributed by atoms with Crippen molar-refractivity contribution in [2.24, 2.45) is 0 Å². The minimum atomic E-state index is 1.03. The normalized spacial score (nSPS) is 10.8. The highest BCUT2D eigenvalue weighted by Crippen LogP contribution is 2.27. The van der Waals surface area contributed by atoms with Gasteiger partial charge in [0.2, 0.25) is 0 Å². The molecule has 0 aliphatic rings. The van der Waals surface area contributed by atoms with E-state index in [9.17, 15) is 0 Å². The lowest BCUT2D eigenvalue weighted by molar-refractivity contribution is 0.506. The molecule has 0 saturated carbocycles. The average molecular weight is 256 g/mol. The first kappa shape index (κ1) is 13.9. The minimum absolute atomic E-state index is 1.03. The number of rotatable bonds is 7. The van der Waals surface area contributed by atoms with Crippen molar-refractivity contribution in [2.45, 2.75) is 52.4 Å². The summed E-state index contributed by atoms with van der Waals surface area (Å²) in [5, 5.41) is 0. The van der Waals surface area contributed by atoms with Gasteiger partial charge in [0.15, 0.2) is 0 Å². The van der Waals surface area contributed by atoms with Gasteiger partial charge in [-0.3, -0.25) is 0 Å². The summed E-state index contributed by atoms with van der Waals surface area (Å²) in [6.07, 6.45) is 7.12. The van der Waals surface area contributed by atoms with Crippen LogP contribution in [0.4, 0.5) is 0 Å². The molecule has 102 valence electrons. The first-order chi connectivity index (χ1) is 9.35. The van der Waals surface area contributed by atoms with Gasteiger partial charge in [0.1, 0.15) is 11.5 Å². The van der Waals surface area contributed by atoms with E-state index >= 15 is 0 Å². The van der Waals surface area contributed by atoms with Crippen LogP contribution >= 0.6 is 0 Å². The Balaban J connectivity index is 2.23. The van der Waals surface area contributed by atoms with Gasteiger partial charge >= 0.3 is 0 Å². The van der Waals surface area contributed by atoms with Gasteiger partial charge < -0.3 is 4.42 Å². The zero-order chi connectivity index (χ0) is 13.5. The fraction of sp³-hybridized carbons (Fsp3) is 0.444. The van der Waals surface area contributed by atoms with Gasteiger partial charge in [-0.2, -0.15) is 0 Å². The van der Waals surface area contributed by atoms with E-state index in [-0.39, 0.29) is 0 Å². The summed E-state index contributed by atoms with van der Waals surface area (Å²) < 4.78 is 6.10. The Hall–Kier alpha value is -1.50. The van der Waals surface area contributed by atoms with Gasteiger partial charge in [-0.05, 0) is 30.9 Å². The maximum absolute atomic E-state index is 6.10. The average Bonchev–Trinajstić information content (AvgIpc) is 2.87. The smallest absolute Gasteiger partial charge is 0.134 e. The molecule has 1 nitrogen and oxygen atoms in total. The van der Waals surface area contributed by atoms with Crippen LogP contribution in [0.15, 0.2) is 40.8 Å². The van der Waals surface area contributed by atoms with Crippen molar-refractivity contribution in [1.82, 2.24) is 0 Å². The second-order valence-electron chi connectivity index (χ2n) is 5.13. The second-order valence-corrected chi connectivity index (χ2v) is 5.13. The molecule has 0 saturated heterocycles. The van der Waals surface area contributed by atoms with Crippen LogP contribution in [0.2, 0.25) is 0 Å². The van der Waals surface area contributed by atoms with Crippen LogP contribution in [0.3, 0.4) is 0 Å². The molecule has 0 amide bonds. The predicted octanol–water partition coefficient (Wildman–Crippen LogP) is 5.63. The molecule has 2 rings (SSSR count). The lowest BCUT2D eigenvalue weighted by Crippen LogP contribution is -1.89. The molecule has 1 aromatic carbocycles. The zero-order valence-electron chi connectivity index (χ0n) is 12.1. The molecule has 19 heavy (non-hydrogen) atoms. The quantitative estimate of drug-likeness (QED) is 0.625. The van der Waals surface area contributed by atoms with Crippen LogP contribution in [-0.2, 0) is 12.8 Å². The Kier molecular flexibility index (Phi) is 5.26. The Morgan fingerprint density at radius 1 is 0.895 bits per heavy atom. The van der Waals surface area contributed by atoms with Gasteiger partial charge in [-0.15, -0.1) is 0 Å². The van der Waals surface area contributed by atoms with Crippen molar-refractivity contribution in [3.63, 3.8) is 0 Å². The van der Waals surface area contributed by atoms with Crippen molar-refractivity contribution < 1.29 is 4.42 Å². The molecule has 0 bridgehead atoms. The number of unbranched alkanes of at least 4 members (excludes halogenated alkanes) is 2. The van der Waals surface area contributed by atoms with Crippen LogP contribution in [0, 0.1) is 0 Å². The number of furan rings is 1. The summed E-state index contributed by atoms with van der Waals surface area (Å²) in [6.45, 7) is 4.47. The topological polar surface area (TPSA) is 13.1 Å². The Morgan fingerprint density at radius 2 is 1.58 bits per heavy atom. The zero-order valence-corrected chi connectivity index (χ0v) is 12.1. The van der Waals surface area contributed by atoms with Gasteiger partial charge in [0.25, 0.3) is 0 Å². The Labute approximate surface area is 116 Å². The summed E-state index contributed by atoms with van der Waals surface area (Å²) >= 11 is 0. The number of aryl methyl sites for hydroxylation is 2. The summed E-state index contributed by atoms with van der Waals surface area (Å²) in [4.78, 5) is 0. The van der Waals surface area contributed by atoms with Crippen LogP contribution in [0.1, 0.15) is 50.9 Å². The fourth-order valence-corrected chi connectivity index (χ4v) is 2.34. The van der Waals surface area contributed by atoms with Crippen LogP contribution in [0.5, 0.6) is 0 Å². The highest BCUT2D eigenvalue weighted by atomic mass is 16.3. The van der Waals surface area contributed by atoms with E-state index in [4.69, 9.17) is 4.42 Å². The molecule has 0 atom stereocenters. The third-order valence-corrected chi connectivity index (χ3v) is 3.51. The van der Waals surface area contributed by atoms with Crippen molar-refractivity contribution in [3.05, 3.63) is 47.7 Å². The van der Waals surface area contributed by atoms with Crippen LogP contribution < -0.4 is 0 Å². The van der Waals surface area contributed by atoms with Gasteiger partial charge in [0, 0.05) is 12.0 Å². The van der Waals surface area contributed by atoms with Crippen molar-refractivity contribution in [2.75, 3.05) is 0 Å². The first-order valence-corrected chi connectivity index (χ1v) is 7.52. The summed E-state index contributed by atoms with van der Waals surface area (Å²) in [5.74, 6) is 2.23. The monoisotopic (exact) mass is 256 g/mol. The molecule has 0 radical (unpaired) electrons. The predicted molar refractivity (Wildman–Crippen MR) is 81.4 cm³/mol. The lowest BCUT2D eigenvalue weighted by Gasteiger charge is -2.00. The first-order valence-electron chi connectivity index (χ1n) is 7.52. The Morgan fingerprint density at radius 3 is 2.26 bits per heavy atom. The standard InChI is InChI=1S/C18H24O/c1-3-5-10-16-14-18(15-11-8-7-9-12-15)19-17(16)13-6-4-2/h7-9,11-12,14H,3-6,10,13H2,1-2H3. The summed E-state index contributed by atoms with van der Waals surface area (Å²) in [5.41, 5.74) is 2.59. The fourth-order valence-electron chi connectivity index (χ4n) is 2.34. The van der Waals surface area contributed by atoms with Gasteiger partial charge in [0.05, 0.1) is 0 Å². The largest absolute Gasteiger partial charge is 0.461 e. The molecule has 2 aromatic rings. The number of hydrogen-bond donors (Lipinski definition) is 0. The highest BCUT2D eigenvalue weighted by Gasteiger charge is 2.11. The molecule has 0 aliphatic carbocycles. The van der Waals surface area contributed by atoms with Crippen molar-refractivity contribution >= 4 is 0 Å². The highest BCUT2D eigenvalue weighted by molar-refractivity contribution is 5.58. The van der Waals surface area contributed by atoms with E-state index in [0.29, 0.717) is 0 Å². The third-order valence-electron chi connectivity index (χ3n) is 3.51. The van der Waals surface area contributed by atoms with E-state index in [0.717, 1.165) is 18.6 Å². The number of benzene rings is 1. The van der Waals surface area contributed by atoms with Gasteiger partial charge in [-0.25, -0.2) is 0 Å². The van der Waals surface area contributed by atoms with Crippen LogP contribution in [-0.4, -0.2) is 0 Å². The van der Waals surface area contributed by atoms with Crippen molar-refractivity contribution in [3.8, 4) is 11.3 Å². The second kappa shape index (κ2) is 7.18. The maximum atomic E-state index is 6.10. The van der Waals surface area contributed by atoms with E-state index in [2.05, 4.69) is 44.2 Å². The van der Waals surface area contributed by atoms with Crippen molar-refractivity contribution in [1.29, 1.82) is 0 Å². The molecular formula is C18H24O. The molecule has 0 N–H and O–H groups in total. The number of hydrogen-bond acceptors (Lipinski definition) is 1. The van der Waals surface area contributed by atoms with Crippen LogP contribution in [0.25, 0.3) is 11.3 Å². The SMILES string of the molecule is CCCCc1cc(-c2ccccc2)oc1CCCC. The molecule has 0 fully saturated rings. The Bertz CT molecular complexity index is 456. The molecule has 0 unspecified atom stereocenters. The summed E-state index contributed by atoms with van der Waals surface area (Å²) in [7, 11) is 0. The molecule has 0 aliphatic heterocycles. The molecular weight excluding hydrogens is 232 g/mol. The van der Waals surface area contributed by atoms with E-state index < -0.39 is 0 Å². The van der Waals surface area contributed by atoms with Gasteiger partial charge in [-0.1, -0.05) is 57.0 Å². The molecule has 0 spiro atoms. The van der Waals surface area contributed by atoms with E-state index in [1.807, 2.05) is 6.07 Å². The molecule has 1 heteroatoms. The summed E-state index contributed by atoms with van der Waals surface area (Å²) in [6, 6.07) is 12.7. The maximum Gasteiger partial charge on any atom is 0.134 e. The van der Waals surface area contributed by atoms with E-state index in [1.165, 1.54) is 42.6 Å². The molecule has 1 aromatic heterocycles. The third kappa shape index (κ3) is 3.73.